The molecule has 1 aromatic carbocycles. The van der Waals surface area contributed by atoms with Crippen molar-refractivity contribution in [3.8, 4) is 0 Å². The van der Waals surface area contributed by atoms with Crippen molar-refractivity contribution in [1.82, 2.24) is 0 Å². The zero-order chi connectivity index (χ0) is 16.3. The Morgan fingerprint density at radius 2 is 2.05 bits per heavy atom. The van der Waals surface area contributed by atoms with Gasteiger partial charge in [-0.25, -0.2) is 4.90 Å². The first-order valence-electron chi connectivity index (χ1n) is 6.99. The highest BCUT2D eigenvalue weighted by Gasteiger charge is 2.40. The third-order valence-corrected chi connectivity index (χ3v) is 4.82. The molecule has 0 aliphatic carbocycles. The number of nitrogens with zero attached hydrogens (tertiary/aromatic N) is 1. The van der Waals surface area contributed by atoms with Crippen molar-refractivity contribution in [2.75, 3.05) is 10.7 Å². The lowest BCUT2D eigenvalue weighted by atomic mass is 10.1. The number of carboxylic acid groups (broad SMARTS) is 1. The minimum atomic E-state index is -1.11. The summed E-state index contributed by atoms with van der Waals surface area (Å²) in [7, 11) is 0. The number of amides is 2. The summed E-state index contributed by atoms with van der Waals surface area (Å²) in [6.45, 7) is 2.03. The fourth-order valence-corrected chi connectivity index (χ4v) is 3.27. The SMILES string of the molecule is CCc1ccc(N2C(=O)C[C@H](SC[C@H](N)C(=O)O)C2=O)cc1. The minimum Gasteiger partial charge on any atom is -0.480 e. The summed E-state index contributed by atoms with van der Waals surface area (Å²) < 4.78 is 0. The van der Waals surface area contributed by atoms with E-state index in [1.807, 2.05) is 19.1 Å². The van der Waals surface area contributed by atoms with Crippen LogP contribution in [-0.4, -0.2) is 39.9 Å². The normalized spacial score (nSPS) is 19.5. The number of aliphatic carboxylic acids is 1. The van der Waals surface area contributed by atoms with Crippen molar-refractivity contribution in [2.24, 2.45) is 5.73 Å². The van der Waals surface area contributed by atoms with Gasteiger partial charge in [0, 0.05) is 12.2 Å². The van der Waals surface area contributed by atoms with Gasteiger partial charge < -0.3 is 10.8 Å². The molecule has 2 atom stereocenters. The Balaban J connectivity index is 2.06. The highest BCUT2D eigenvalue weighted by molar-refractivity contribution is 8.00. The van der Waals surface area contributed by atoms with Gasteiger partial charge in [-0.3, -0.25) is 14.4 Å². The van der Waals surface area contributed by atoms with Gasteiger partial charge >= 0.3 is 5.97 Å². The van der Waals surface area contributed by atoms with E-state index in [0.717, 1.165) is 23.7 Å². The van der Waals surface area contributed by atoms with Crippen LogP contribution in [0.3, 0.4) is 0 Å². The summed E-state index contributed by atoms with van der Waals surface area (Å²) in [6, 6.07) is 6.24. The number of imide groups is 1. The molecule has 0 aromatic heterocycles. The number of thioether (sulfide) groups is 1. The Labute approximate surface area is 132 Å². The Morgan fingerprint density at radius 1 is 1.41 bits per heavy atom. The molecule has 118 valence electrons. The number of nitrogens with two attached hydrogens (primary N) is 1. The summed E-state index contributed by atoms with van der Waals surface area (Å²) in [4.78, 5) is 36.3. The summed E-state index contributed by atoms with van der Waals surface area (Å²) in [6.07, 6.45) is 0.957. The zero-order valence-corrected chi connectivity index (χ0v) is 13.0. The molecule has 1 fully saturated rings. The standard InChI is InChI=1S/C15H18N2O4S/c1-2-9-3-5-10(6-4-9)17-13(18)7-12(14(17)19)22-8-11(16)15(20)21/h3-6,11-12H,2,7-8,16H2,1H3,(H,20,21)/t11-,12-/m0/s1. The first-order chi connectivity index (χ1) is 10.4. The second-order valence-corrected chi connectivity index (χ2v) is 6.29. The van der Waals surface area contributed by atoms with Crippen LogP contribution in [0, 0.1) is 0 Å². The fraction of sp³-hybridized carbons (Fsp3) is 0.400. The molecule has 2 amide bonds. The molecular formula is C15H18N2O4S. The Bertz CT molecular complexity index is 588. The van der Waals surface area contributed by atoms with E-state index in [9.17, 15) is 14.4 Å². The van der Waals surface area contributed by atoms with E-state index in [-0.39, 0.29) is 24.0 Å². The van der Waals surface area contributed by atoms with Crippen molar-refractivity contribution in [3.05, 3.63) is 29.8 Å². The molecule has 0 saturated carbocycles. The molecule has 1 aliphatic rings. The molecule has 0 unspecified atom stereocenters. The van der Waals surface area contributed by atoms with Crippen molar-refractivity contribution in [1.29, 1.82) is 0 Å². The number of carboxylic acids is 1. The average Bonchev–Trinajstić information content (AvgIpc) is 2.79. The molecule has 2 rings (SSSR count). The smallest absolute Gasteiger partial charge is 0.321 e. The van der Waals surface area contributed by atoms with Crippen molar-refractivity contribution >= 4 is 35.2 Å². The molecule has 1 saturated heterocycles. The number of benzene rings is 1. The van der Waals surface area contributed by atoms with E-state index in [1.54, 1.807) is 12.1 Å². The van der Waals surface area contributed by atoms with Gasteiger partial charge in [-0.2, -0.15) is 0 Å². The lowest BCUT2D eigenvalue weighted by Crippen LogP contribution is -2.35. The number of carbonyl (C=O) groups excluding carboxylic acids is 2. The van der Waals surface area contributed by atoms with Crippen LogP contribution in [0.25, 0.3) is 0 Å². The lowest BCUT2D eigenvalue weighted by molar-refractivity contribution is -0.138. The average molecular weight is 322 g/mol. The summed E-state index contributed by atoms with van der Waals surface area (Å²) in [5.41, 5.74) is 7.10. The van der Waals surface area contributed by atoms with E-state index in [4.69, 9.17) is 10.8 Å². The molecular weight excluding hydrogens is 304 g/mol. The van der Waals surface area contributed by atoms with Gasteiger partial charge in [-0.15, -0.1) is 11.8 Å². The molecule has 3 N–H and O–H groups in total. The largest absolute Gasteiger partial charge is 0.480 e. The van der Waals surface area contributed by atoms with Crippen LogP contribution in [0.2, 0.25) is 0 Å². The van der Waals surface area contributed by atoms with Crippen molar-refractivity contribution in [2.45, 2.75) is 31.1 Å². The number of carbonyl (C=O) groups is 3. The third kappa shape index (κ3) is 3.48. The quantitative estimate of drug-likeness (QED) is 0.759. The molecule has 6 nitrogen and oxygen atoms in total. The third-order valence-electron chi connectivity index (χ3n) is 3.50. The number of hydrogen-bond donors (Lipinski definition) is 2. The molecule has 0 spiro atoms. The van der Waals surface area contributed by atoms with E-state index in [1.165, 1.54) is 4.90 Å². The van der Waals surface area contributed by atoms with Crippen molar-refractivity contribution in [3.63, 3.8) is 0 Å². The Kier molecular flexibility index (Phi) is 5.20. The minimum absolute atomic E-state index is 0.0748. The second-order valence-electron chi connectivity index (χ2n) is 5.06. The van der Waals surface area contributed by atoms with Gasteiger partial charge in [-0.05, 0) is 24.1 Å². The monoisotopic (exact) mass is 322 g/mol. The summed E-state index contributed by atoms with van der Waals surface area (Å²) in [5, 5.41) is 8.19. The van der Waals surface area contributed by atoms with Gasteiger partial charge in [0.05, 0.1) is 10.9 Å². The molecule has 7 heteroatoms. The van der Waals surface area contributed by atoms with Gasteiger partial charge in [0.15, 0.2) is 0 Å². The molecule has 1 aliphatic heterocycles. The first kappa shape index (κ1) is 16.5. The van der Waals surface area contributed by atoms with Crippen LogP contribution in [-0.2, 0) is 20.8 Å². The zero-order valence-electron chi connectivity index (χ0n) is 12.2. The maximum absolute atomic E-state index is 12.3. The predicted octanol–water partition coefficient (Wildman–Crippen LogP) is 1.03. The van der Waals surface area contributed by atoms with Crippen LogP contribution in [0.1, 0.15) is 18.9 Å². The van der Waals surface area contributed by atoms with E-state index in [0.29, 0.717) is 5.69 Å². The number of anilines is 1. The van der Waals surface area contributed by atoms with Crippen LogP contribution >= 0.6 is 11.8 Å². The van der Waals surface area contributed by atoms with Crippen LogP contribution in [0.4, 0.5) is 5.69 Å². The van der Waals surface area contributed by atoms with E-state index < -0.39 is 17.3 Å². The van der Waals surface area contributed by atoms with Crippen LogP contribution in [0.15, 0.2) is 24.3 Å². The van der Waals surface area contributed by atoms with E-state index >= 15 is 0 Å². The lowest BCUT2D eigenvalue weighted by Gasteiger charge is -2.15. The van der Waals surface area contributed by atoms with Crippen LogP contribution < -0.4 is 10.6 Å². The molecule has 1 aromatic rings. The predicted molar refractivity (Wildman–Crippen MR) is 84.8 cm³/mol. The number of rotatable bonds is 6. The van der Waals surface area contributed by atoms with Gasteiger partial charge in [0.2, 0.25) is 11.8 Å². The number of aryl methyl sites for hydroxylation is 1. The number of hydrogen-bond acceptors (Lipinski definition) is 5. The topological polar surface area (TPSA) is 101 Å². The van der Waals surface area contributed by atoms with Crippen LogP contribution in [0.5, 0.6) is 0 Å². The maximum Gasteiger partial charge on any atom is 0.321 e. The van der Waals surface area contributed by atoms with Gasteiger partial charge in [-0.1, -0.05) is 19.1 Å². The summed E-state index contributed by atoms with van der Waals surface area (Å²) in [5.74, 6) is -1.59. The van der Waals surface area contributed by atoms with Gasteiger partial charge in [0.1, 0.15) is 6.04 Å². The Morgan fingerprint density at radius 3 is 2.59 bits per heavy atom. The molecule has 0 radical (unpaired) electrons. The van der Waals surface area contributed by atoms with Gasteiger partial charge in [0.25, 0.3) is 0 Å². The molecule has 1 heterocycles. The maximum atomic E-state index is 12.3. The summed E-state index contributed by atoms with van der Waals surface area (Å²) >= 11 is 1.12. The van der Waals surface area contributed by atoms with Crippen molar-refractivity contribution < 1.29 is 19.5 Å². The van der Waals surface area contributed by atoms with E-state index in [2.05, 4.69) is 0 Å². The molecule has 0 bridgehead atoms. The molecule has 22 heavy (non-hydrogen) atoms. The fourth-order valence-electron chi connectivity index (χ4n) is 2.18. The highest BCUT2D eigenvalue weighted by atomic mass is 32.2. The first-order valence-corrected chi connectivity index (χ1v) is 8.04. The second kappa shape index (κ2) is 6.93. The Hall–Kier alpha value is -1.86. The highest BCUT2D eigenvalue weighted by Crippen LogP contribution is 2.30.